The number of imide groups is 1. The molecule has 3 amide bonds. The molecule has 6 heterocycles. The number of aliphatic imine (C=N–C) groups is 1. The number of unbranched alkanes of at least 4 members (excludes halogenated alkanes) is 1. The number of carbonyl (C=O) groups is 3. The largest absolute Gasteiger partial charge is 0.493 e. The Kier molecular flexibility index (Phi) is 9.13. The topological polar surface area (TPSA) is 137 Å². The molecular formula is C38H32ClFN8O4S. The van der Waals surface area contributed by atoms with Gasteiger partial charge in [-0.3, -0.25) is 33.9 Å². The van der Waals surface area contributed by atoms with Crippen LogP contribution in [-0.2, 0) is 29.2 Å². The minimum atomic E-state index is -0.786. The van der Waals surface area contributed by atoms with Crippen LogP contribution in [0.15, 0.2) is 53.8 Å². The van der Waals surface area contributed by atoms with E-state index in [9.17, 15) is 18.8 Å². The van der Waals surface area contributed by atoms with Gasteiger partial charge in [0.25, 0.3) is 5.91 Å². The first-order valence-corrected chi connectivity index (χ1v) is 18.3. The van der Waals surface area contributed by atoms with Gasteiger partial charge in [0, 0.05) is 46.9 Å². The summed E-state index contributed by atoms with van der Waals surface area (Å²) in [7, 11) is 0. The Balaban J connectivity index is 0.915. The second-order valence-corrected chi connectivity index (χ2v) is 14.5. The van der Waals surface area contributed by atoms with Crippen molar-refractivity contribution in [3.8, 4) is 22.6 Å². The second kappa shape index (κ2) is 14.1. The lowest BCUT2D eigenvalue weighted by Gasteiger charge is -2.29. The van der Waals surface area contributed by atoms with Gasteiger partial charge in [-0.25, -0.2) is 4.39 Å². The predicted octanol–water partition coefficient (Wildman–Crippen LogP) is 5.31. The lowest BCUT2D eigenvalue weighted by Crippen LogP contribution is -2.52. The third kappa shape index (κ3) is 6.62. The highest BCUT2D eigenvalue weighted by atomic mass is 35.5. The van der Waals surface area contributed by atoms with E-state index in [1.807, 2.05) is 42.1 Å². The Hall–Kier alpha value is -5.65. The Morgan fingerprint density at radius 2 is 1.92 bits per heavy atom. The second-order valence-electron chi connectivity index (χ2n) is 13.0. The van der Waals surface area contributed by atoms with E-state index in [1.54, 1.807) is 17.5 Å². The quantitative estimate of drug-likeness (QED) is 0.129. The van der Waals surface area contributed by atoms with E-state index in [-0.39, 0.29) is 36.6 Å². The number of piperidine rings is 1. The molecule has 0 radical (unpaired) electrons. The van der Waals surface area contributed by atoms with Crippen LogP contribution in [0.4, 0.5) is 4.39 Å². The van der Waals surface area contributed by atoms with E-state index < -0.39 is 23.7 Å². The number of hydrogen-bond acceptors (Lipinski definition) is 9. The van der Waals surface area contributed by atoms with Crippen LogP contribution >= 0.6 is 22.9 Å². The number of ether oxygens (including phenoxy) is 1. The highest BCUT2D eigenvalue weighted by molar-refractivity contribution is 7.15. The average molecular weight is 751 g/mol. The third-order valence-corrected chi connectivity index (χ3v) is 11.0. The number of thiophene rings is 1. The summed E-state index contributed by atoms with van der Waals surface area (Å²) < 4.78 is 24.4. The maximum absolute atomic E-state index is 14.5. The smallest absolute Gasteiger partial charge is 0.255 e. The Morgan fingerprint density at radius 3 is 2.74 bits per heavy atom. The number of fused-ring (bicyclic) bond motifs is 4. The maximum atomic E-state index is 14.5. The number of benzene rings is 2. The molecule has 268 valence electrons. The number of nitrogens with zero attached hydrogens (tertiary/aromatic N) is 7. The van der Waals surface area contributed by atoms with Crippen molar-refractivity contribution in [2.45, 2.75) is 65.2 Å². The molecular weight excluding hydrogens is 719 g/mol. The number of carbonyl (C=O) groups excluding carboxylic acids is 3. The molecule has 3 aliphatic heterocycles. The molecule has 1 unspecified atom stereocenters. The van der Waals surface area contributed by atoms with E-state index in [4.69, 9.17) is 21.3 Å². The van der Waals surface area contributed by atoms with Crippen molar-refractivity contribution >= 4 is 46.4 Å². The van der Waals surface area contributed by atoms with Crippen molar-refractivity contribution < 1.29 is 23.5 Å². The number of hydrogen-bond donors (Lipinski definition) is 1. The van der Waals surface area contributed by atoms with Gasteiger partial charge in [0.2, 0.25) is 11.8 Å². The molecule has 0 bridgehead atoms. The van der Waals surface area contributed by atoms with Gasteiger partial charge in [0.1, 0.15) is 35.0 Å². The van der Waals surface area contributed by atoms with E-state index >= 15 is 0 Å². The average Bonchev–Trinajstić information content (AvgIpc) is 3.88. The molecule has 0 aliphatic carbocycles. The fourth-order valence-corrected chi connectivity index (χ4v) is 8.22. The van der Waals surface area contributed by atoms with Gasteiger partial charge in [0.05, 0.1) is 41.1 Å². The zero-order chi connectivity index (χ0) is 36.8. The summed E-state index contributed by atoms with van der Waals surface area (Å²) in [5.74, 6) is 6.55. The van der Waals surface area contributed by atoms with Crippen LogP contribution in [0, 0.1) is 31.5 Å². The van der Waals surface area contributed by atoms with Crippen LogP contribution in [0.3, 0.4) is 0 Å². The lowest BCUT2D eigenvalue weighted by atomic mass is 10.00. The van der Waals surface area contributed by atoms with Crippen molar-refractivity contribution in [2.24, 2.45) is 4.99 Å². The zero-order valence-electron chi connectivity index (χ0n) is 28.8. The number of aryl methyl sites for hydroxylation is 2. The molecule has 1 saturated heterocycles. The van der Waals surface area contributed by atoms with Crippen LogP contribution in [0.2, 0.25) is 5.02 Å². The minimum absolute atomic E-state index is 0.110. The van der Waals surface area contributed by atoms with Crippen molar-refractivity contribution in [3.05, 3.63) is 110 Å². The Bertz CT molecular complexity index is 2400. The molecule has 5 aromatic rings. The summed E-state index contributed by atoms with van der Waals surface area (Å²) in [6, 6.07) is 9.33. The molecule has 1 fully saturated rings. The summed E-state index contributed by atoms with van der Waals surface area (Å²) in [6.07, 6.45) is 5.39. The van der Waals surface area contributed by atoms with E-state index in [1.165, 1.54) is 17.0 Å². The summed E-state index contributed by atoms with van der Waals surface area (Å²) in [5.41, 5.74) is 5.35. The van der Waals surface area contributed by atoms with Crippen molar-refractivity contribution in [1.29, 1.82) is 0 Å². The highest BCUT2D eigenvalue weighted by Crippen LogP contribution is 2.37. The van der Waals surface area contributed by atoms with Crippen LogP contribution in [0.1, 0.15) is 80.4 Å². The molecule has 0 spiro atoms. The molecule has 12 nitrogen and oxygen atoms in total. The van der Waals surface area contributed by atoms with Gasteiger partial charge >= 0.3 is 0 Å². The van der Waals surface area contributed by atoms with Gasteiger partial charge in [-0.1, -0.05) is 35.6 Å². The number of nitrogens with one attached hydrogen (secondary N) is 1. The number of amides is 3. The van der Waals surface area contributed by atoms with Gasteiger partial charge < -0.3 is 9.64 Å². The van der Waals surface area contributed by atoms with Crippen LogP contribution in [0.25, 0.3) is 5.00 Å². The molecule has 3 aromatic heterocycles. The zero-order valence-corrected chi connectivity index (χ0v) is 30.4. The summed E-state index contributed by atoms with van der Waals surface area (Å²) in [5, 5.41) is 17.1. The van der Waals surface area contributed by atoms with E-state index in [0.29, 0.717) is 36.7 Å². The minimum Gasteiger partial charge on any atom is -0.493 e. The Morgan fingerprint density at radius 1 is 1.09 bits per heavy atom. The molecule has 53 heavy (non-hydrogen) atoms. The van der Waals surface area contributed by atoms with Gasteiger partial charge in [-0.2, -0.15) is 5.10 Å². The summed E-state index contributed by atoms with van der Waals surface area (Å²) in [4.78, 5) is 44.3. The maximum Gasteiger partial charge on any atom is 0.255 e. The number of aromatic nitrogens is 5. The lowest BCUT2D eigenvalue weighted by molar-refractivity contribution is -0.136. The molecule has 3 aliphatic rings. The first-order chi connectivity index (χ1) is 25.6. The monoisotopic (exact) mass is 750 g/mol. The summed E-state index contributed by atoms with van der Waals surface area (Å²) in [6.45, 7) is 5.43. The van der Waals surface area contributed by atoms with E-state index in [0.717, 1.165) is 55.9 Å². The van der Waals surface area contributed by atoms with Crippen molar-refractivity contribution in [2.75, 3.05) is 6.61 Å². The molecule has 15 heteroatoms. The fraction of sp³-hybridized carbons (Fsp3) is 0.289. The van der Waals surface area contributed by atoms with Gasteiger partial charge in [-0.05, 0) is 56.9 Å². The van der Waals surface area contributed by atoms with Crippen LogP contribution < -0.4 is 10.1 Å². The molecule has 1 atom stereocenters. The molecule has 2 aromatic carbocycles. The molecule has 0 saturated carbocycles. The van der Waals surface area contributed by atoms with Crippen molar-refractivity contribution in [1.82, 2.24) is 34.8 Å². The molecule has 1 N–H and O–H groups in total. The van der Waals surface area contributed by atoms with Crippen LogP contribution in [0.5, 0.6) is 5.75 Å². The van der Waals surface area contributed by atoms with Crippen LogP contribution in [-0.4, -0.2) is 65.5 Å². The summed E-state index contributed by atoms with van der Waals surface area (Å²) >= 11 is 7.77. The number of rotatable bonds is 8. The SMILES string of the molecule is Cc1c(C#Cc2cnn(CCCCOc3cc(F)cc4c3CN(C3CCC(=O)NC3=O)C4=O)c2)sc2c1C(c1ccc(Cl)cc1)=NCc1nnc(C)n1-2. The highest BCUT2D eigenvalue weighted by Gasteiger charge is 2.40. The third-order valence-electron chi connectivity index (χ3n) is 9.53. The van der Waals surface area contributed by atoms with E-state index in [2.05, 4.69) is 43.9 Å². The fourth-order valence-electron chi connectivity index (χ4n) is 6.86. The Labute approximate surface area is 312 Å². The number of halogens is 2. The standard InChI is InChI=1S/C38H32ClFN8O4S/c1-21-31(53-38-34(21)35(24-6-8-25(39)9-7-24)41-18-32-45-44-22(2)48(32)38)11-5-23-17-42-46(19-23)13-3-4-14-52-30-16-26(40)15-27-28(30)20-47(37(27)51)29-10-12-33(49)43-36(29)50/h6-9,15-17,19,29H,3-4,10,12-14,18,20H2,1-2H3,(H,43,49,50). The first kappa shape index (κ1) is 34.4. The first-order valence-electron chi connectivity index (χ1n) is 17.1. The van der Waals surface area contributed by atoms with Crippen molar-refractivity contribution in [3.63, 3.8) is 0 Å². The normalized spacial score (nSPS) is 16.3. The molecule has 8 rings (SSSR count). The van der Waals surface area contributed by atoms with Gasteiger partial charge in [-0.15, -0.1) is 21.5 Å². The van der Waals surface area contributed by atoms with Gasteiger partial charge in [0.15, 0.2) is 5.82 Å². The predicted molar refractivity (Wildman–Crippen MR) is 195 cm³/mol.